The highest BCUT2D eigenvalue weighted by Crippen LogP contribution is 2.25. The van der Waals surface area contributed by atoms with E-state index in [1.54, 1.807) is 13.2 Å². The Morgan fingerprint density at radius 1 is 1.00 bits per heavy atom. The lowest BCUT2D eigenvalue weighted by atomic mass is 10.1. The van der Waals surface area contributed by atoms with Crippen LogP contribution < -0.4 is 4.74 Å². The van der Waals surface area contributed by atoms with Crippen LogP contribution in [0.25, 0.3) is 12.2 Å². The van der Waals surface area contributed by atoms with Crippen molar-refractivity contribution in [3.8, 4) is 11.5 Å². The maximum Gasteiger partial charge on any atom is 0.129 e. The molecular weight excluding hydrogens is 292 g/mol. The third-order valence-corrected chi connectivity index (χ3v) is 3.19. The minimum Gasteiger partial charge on any atom is -0.507 e. The summed E-state index contributed by atoms with van der Waals surface area (Å²) < 4.78 is 5.80. The third-order valence-electron chi connectivity index (χ3n) is 2.56. The maximum atomic E-state index is 9.40. The highest BCUT2D eigenvalue weighted by atomic mass is 79.9. The van der Waals surface area contributed by atoms with E-state index < -0.39 is 0 Å². The van der Waals surface area contributed by atoms with Crippen molar-refractivity contribution in [1.82, 2.24) is 0 Å². The largest absolute Gasteiger partial charge is 0.507 e. The van der Waals surface area contributed by atoms with Crippen LogP contribution in [0, 0.1) is 0 Å². The van der Waals surface area contributed by atoms with Gasteiger partial charge < -0.3 is 9.84 Å². The van der Waals surface area contributed by atoms with E-state index in [0.29, 0.717) is 4.47 Å². The molecule has 0 unspecified atom stereocenters. The van der Waals surface area contributed by atoms with Crippen molar-refractivity contribution >= 4 is 28.1 Å². The summed E-state index contributed by atoms with van der Waals surface area (Å²) in [4.78, 5) is 0. The lowest BCUT2D eigenvalue weighted by Crippen LogP contribution is -1.81. The molecule has 0 fully saturated rings. The van der Waals surface area contributed by atoms with E-state index in [9.17, 15) is 5.11 Å². The fraction of sp³-hybridized carbons (Fsp3) is 0.0667. The molecule has 2 rings (SSSR count). The molecule has 18 heavy (non-hydrogen) atoms. The van der Waals surface area contributed by atoms with Crippen molar-refractivity contribution in [2.75, 3.05) is 7.11 Å². The average molecular weight is 305 g/mol. The molecule has 2 aromatic carbocycles. The summed E-state index contributed by atoms with van der Waals surface area (Å²) in [6.45, 7) is 0. The van der Waals surface area contributed by atoms with Crippen LogP contribution in [-0.2, 0) is 0 Å². The van der Waals surface area contributed by atoms with Crippen LogP contribution in [0.3, 0.4) is 0 Å². The Bertz CT molecular complexity index is 559. The van der Waals surface area contributed by atoms with Gasteiger partial charge in [0.2, 0.25) is 0 Å². The molecule has 3 heteroatoms. The predicted molar refractivity (Wildman–Crippen MR) is 77.7 cm³/mol. The Balaban J connectivity index is 2.16. The van der Waals surface area contributed by atoms with Crippen LogP contribution in [0.4, 0.5) is 0 Å². The van der Waals surface area contributed by atoms with Gasteiger partial charge in [0.05, 0.1) is 11.6 Å². The summed E-state index contributed by atoms with van der Waals surface area (Å²) in [5.74, 6) is 1.09. The Kier molecular flexibility index (Phi) is 4.05. The molecule has 1 N–H and O–H groups in total. The van der Waals surface area contributed by atoms with E-state index in [-0.39, 0.29) is 5.75 Å². The standard InChI is InChI=1S/C15H13BrO2/c1-18-13-7-4-11(5-8-13)2-3-12-6-9-15(17)14(16)10-12/h2-10,17H,1H3/b3-2+. The quantitative estimate of drug-likeness (QED) is 0.855. The van der Waals surface area contributed by atoms with Crippen molar-refractivity contribution in [2.24, 2.45) is 0 Å². The molecular formula is C15H13BrO2. The van der Waals surface area contributed by atoms with Gasteiger partial charge in [0, 0.05) is 0 Å². The van der Waals surface area contributed by atoms with Crippen LogP contribution in [0.2, 0.25) is 0 Å². The zero-order valence-electron chi connectivity index (χ0n) is 9.93. The normalized spacial score (nSPS) is 10.8. The van der Waals surface area contributed by atoms with Gasteiger partial charge >= 0.3 is 0 Å². The summed E-state index contributed by atoms with van der Waals surface area (Å²) >= 11 is 3.29. The van der Waals surface area contributed by atoms with Crippen LogP contribution >= 0.6 is 15.9 Å². The smallest absolute Gasteiger partial charge is 0.129 e. The summed E-state index contributed by atoms with van der Waals surface area (Å²) in [5, 5.41) is 9.40. The van der Waals surface area contributed by atoms with Crippen molar-refractivity contribution < 1.29 is 9.84 Å². The van der Waals surface area contributed by atoms with Crippen LogP contribution in [-0.4, -0.2) is 12.2 Å². The van der Waals surface area contributed by atoms with Crippen molar-refractivity contribution in [3.05, 3.63) is 58.1 Å². The third kappa shape index (κ3) is 3.14. The lowest BCUT2D eigenvalue weighted by Gasteiger charge is -2.00. The molecule has 0 aliphatic rings. The fourth-order valence-electron chi connectivity index (χ4n) is 1.53. The second-order valence-corrected chi connectivity index (χ2v) is 4.67. The van der Waals surface area contributed by atoms with Gasteiger partial charge in [-0.05, 0) is 51.3 Å². The monoisotopic (exact) mass is 304 g/mol. The average Bonchev–Trinajstić information content (AvgIpc) is 2.41. The minimum atomic E-state index is 0.247. The molecule has 0 atom stereocenters. The number of benzene rings is 2. The summed E-state index contributed by atoms with van der Waals surface area (Å²) in [6, 6.07) is 13.2. The number of aromatic hydroxyl groups is 1. The van der Waals surface area contributed by atoms with Gasteiger partial charge in [-0.3, -0.25) is 0 Å². The van der Waals surface area contributed by atoms with E-state index in [4.69, 9.17) is 4.74 Å². The van der Waals surface area contributed by atoms with E-state index in [0.717, 1.165) is 16.9 Å². The van der Waals surface area contributed by atoms with E-state index in [1.807, 2.05) is 48.6 Å². The maximum absolute atomic E-state index is 9.40. The van der Waals surface area contributed by atoms with E-state index in [2.05, 4.69) is 15.9 Å². The number of rotatable bonds is 3. The molecule has 0 radical (unpaired) electrons. The zero-order valence-corrected chi connectivity index (χ0v) is 11.5. The first kappa shape index (κ1) is 12.7. The minimum absolute atomic E-state index is 0.247. The second-order valence-electron chi connectivity index (χ2n) is 3.82. The fourth-order valence-corrected chi connectivity index (χ4v) is 1.93. The highest BCUT2D eigenvalue weighted by Gasteiger charge is 1.97. The van der Waals surface area contributed by atoms with Gasteiger partial charge in [-0.25, -0.2) is 0 Å². The summed E-state index contributed by atoms with van der Waals surface area (Å²) in [6.07, 6.45) is 4.00. The summed E-state index contributed by atoms with van der Waals surface area (Å²) in [7, 11) is 1.65. The van der Waals surface area contributed by atoms with Gasteiger partial charge in [0.25, 0.3) is 0 Å². The Labute approximate surface area is 115 Å². The molecule has 0 amide bonds. The van der Waals surface area contributed by atoms with Gasteiger partial charge in [0.15, 0.2) is 0 Å². The first-order valence-corrected chi connectivity index (χ1v) is 6.29. The van der Waals surface area contributed by atoms with Crippen LogP contribution in [0.5, 0.6) is 11.5 Å². The number of phenolic OH excluding ortho intramolecular Hbond substituents is 1. The molecule has 0 aliphatic heterocycles. The summed E-state index contributed by atoms with van der Waals surface area (Å²) in [5.41, 5.74) is 2.12. The molecule has 0 saturated carbocycles. The molecule has 0 heterocycles. The number of halogens is 1. The Morgan fingerprint density at radius 2 is 1.61 bits per heavy atom. The van der Waals surface area contributed by atoms with Crippen molar-refractivity contribution in [1.29, 1.82) is 0 Å². The number of methoxy groups -OCH3 is 1. The first-order valence-electron chi connectivity index (χ1n) is 5.50. The SMILES string of the molecule is COc1ccc(/C=C/c2ccc(O)c(Br)c2)cc1. The van der Waals surface area contributed by atoms with Crippen LogP contribution in [0.1, 0.15) is 11.1 Å². The lowest BCUT2D eigenvalue weighted by molar-refractivity contribution is 0.415. The topological polar surface area (TPSA) is 29.5 Å². The molecule has 92 valence electrons. The molecule has 2 aromatic rings. The molecule has 0 spiro atoms. The van der Waals surface area contributed by atoms with Gasteiger partial charge in [-0.1, -0.05) is 30.4 Å². The number of ether oxygens (including phenoxy) is 1. The first-order chi connectivity index (χ1) is 8.69. The van der Waals surface area contributed by atoms with E-state index in [1.165, 1.54) is 0 Å². The molecule has 0 aliphatic carbocycles. The second kappa shape index (κ2) is 5.74. The van der Waals surface area contributed by atoms with E-state index >= 15 is 0 Å². The zero-order chi connectivity index (χ0) is 13.0. The van der Waals surface area contributed by atoms with Crippen molar-refractivity contribution in [2.45, 2.75) is 0 Å². The molecule has 0 aromatic heterocycles. The van der Waals surface area contributed by atoms with Gasteiger partial charge in [-0.2, -0.15) is 0 Å². The molecule has 0 saturated heterocycles. The Hall–Kier alpha value is -1.74. The Morgan fingerprint density at radius 3 is 2.22 bits per heavy atom. The molecule has 2 nitrogen and oxygen atoms in total. The van der Waals surface area contributed by atoms with Gasteiger partial charge in [0.1, 0.15) is 11.5 Å². The van der Waals surface area contributed by atoms with Gasteiger partial charge in [-0.15, -0.1) is 0 Å². The predicted octanol–water partition coefficient (Wildman–Crippen LogP) is 4.33. The number of hydrogen-bond acceptors (Lipinski definition) is 2. The number of phenols is 1. The molecule has 0 bridgehead atoms. The van der Waals surface area contributed by atoms with Crippen LogP contribution in [0.15, 0.2) is 46.9 Å². The number of hydrogen-bond donors (Lipinski definition) is 1. The van der Waals surface area contributed by atoms with Crippen molar-refractivity contribution in [3.63, 3.8) is 0 Å². The highest BCUT2D eigenvalue weighted by molar-refractivity contribution is 9.10.